The molecule has 0 amide bonds. The SMILES string of the molecule is COC(=O)[C@H](C)NC(C)c1cnn(C)c1. The van der Waals surface area contributed by atoms with Crippen molar-refractivity contribution in [2.75, 3.05) is 7.11 Å². The van der Waals surface area contributed by atoms with Gasteiger partial charge in [-0.3, -0.25) is 14.8 Å². The lowest BCUT2D eigenvalue weighted by Crippen LogP contribution is -2.36. The zero-order valence-corrected chi connectivity index (χ0v) is 9.52. The highest BCUT2D eigenvalue weighted by Gasteiger charge is 2.16. The predicted octanol–water partition coefficient (Wildman–Crippen LogP) is 0.632. The van der Waals surface area contributed by atoms with E-state index in [0.717, 1.165) is 5.56 Å². The van der Waals surface area contributed by atoms with E-state index in [1.54, 1.807) is 17.8 Å². The number of nitrogens with one attached hydrogen (secondary N) is 1. The summed E-state index contributed by atoms with van der Waals surface area (Å²) in [5, 5.41) is 7.20. The number of aryl methyl sites for hydroxylation is 1. The van der Waals surface area contributed by atoms with Gasteiger partial charge in [-0.05, 0) is 13.8 Å². The van der Waals surface area contributed by atoms with Crippen molar-refractivity contribution >= 4 is 5.97 Å². The third kappa shape index (κ3) is 3.06. The number of esters is 1. The maximum atomic E-state index is 11.2. The van der Waals surface area contributed by atoms with E-state index in [4.69, 9.17) is 0 Å². The van der Waals surface area contributed by atoms with Crippen molar-refractivity contribution in [2.45, 2.75) is 25.9 Å². The molecule has 0 saturated carbocycles. The molecule has 15 heavy (non-hydrogen) atoms. The standard InChI is InChI=1S/C10H17N3O2/c1-7(9-5-11-13(3)6-9)12-8(2)10(14)15-4/h5-8,12H,1-4H3/t7?,8-/m0/s1. The number of hydrogen-bond acceptors (Lipinski definition) is 4. The van der Waals surface area contributed by atoms with Crippen LogP contribution in [0.3, 0.4) is 0 Å². The minimum atomic E-state index is -0.315. The Morgan fingerprint density at radius 3 is 2.73 bits per heavy atom. The summed E-state index contributed by atoms with van der Waals surface area (Å²) in [6.45, 7) is 3.76. The van der Waals surface area contributed by atoms with E-state index in [9.17, 15) is 4.79 Å². The van der Waals surface area contributed by atoms with Gasteiger partial charge in [0.2, 0.25) is 0 Å². The first-order valence-corrected chi connectivity index (χ1v) is 4.87. The number of methoxy groups -OCH3 is 1. The van der Waals surface area contributed by atoms with Crippen molar-refractivity contribution in [3.63, 3.8) is 0 Å². The normalized spacial score (nSPS) is 14.7. The number of nitrogens with zero attached hydrogens (tertiary/aromatic N) is 2. The second-order valence-electron chi connectivity index (χ2n) is 3.58. The van der Waals surface area contributed by atoms with Gasteiger partial charge in [0.25, 0.3) is 0 Å². The van der Waals surface area contributed by atoms with Gasteiger partial charge in [-0.15, -0.1) is 0 Å². The predicted molar refractivity (Wildman–Crippen MR) is 56.2 cm³/mol. The lowest BCUT2D eigenvalue weighted by Gasteiger charge is -2.16. The molecule has 0 saturated heterocycles. The second-order valence-corrected chi connectivity index (χ2v) is 3.58. The second kappa shape index (κ2) is 4.93. The fourth-order valence-corrected chi connectivity index (χ4v) is 1.38. The maximum absolute atomic E-state index is 11.2. The van der Waals surface area contributed by atoms with Crippen molar-refractivity contribution in [2.24, 2.45) is 7.05 Å². The Morgan fingerprint density at radius 1 is 1.60 bits per heavy atom. The monoisotopic (exact) mass is 211 g/mol. The molecule has 84 valence electrons. The fourth-order valence-electron chi connectivity index (χ4n) is 1.38. The maximum Gasteiger partial charge on any atom is 0.322 e. The van der Waals surface area contributed by atoms with Crippen LogP contribution in [0.1, 0.15) is 25.5 Å². The van der Waals surface area contributed by atoms with E-state index in [0.29, 0.717) is 0 Å². The zero-order valence-electron chi connectivity index (χ0n) is 9.52. The first-order valence-electron chi connectivity index (χ1n) is 4.87. The highest BCUT2D eigenvalue weighted by molar-refractivity contribution is 5.75. The summed E-state index contributed by atoms with van der Waals surface area (Å²) in [6, 6.07) is -0.238. The van der Waals surface area contributed by atoms with Gasteiger partial charge < -0.3 is 4.74 Å². The number of carbonyl (C=O) groups excluding carboxylic acids is 1. The zero-order chi connectivity index (χ0) is 11.4. The molecule has 1 aromatic heterocycles. The van der Waals surface area contributed by atoms with Crippen LogP contribution in [0.5, 0.6) is 0 Å². The van der Waals surface area contributed by atoms with Gasteiger partial charge in [-0.1, -0.05) is 0 Å². The molecule has 1 rings (SSSR count). The molecule has 0 spiro atoms. The Labute approximate surface area is 89.4 Å². The minimum Gasteiger partial charge on any atom is -0.468 e. The Bertz CT molecular complexity index is 335. The van der Waals surface area contributed by atoms with Crippen LogP contribution in [0.25, 0.3) is 0 Å². The smallest absolute Gasteiger partial charge is 0.322 e. The third-order valence-electron chi connectivity index (χ3n) is 2.28. The van der Waals surface area contributed by atoms with Crippen molar-refractivity contribution in [1.29, 1.82) is 0 Å². The van der Waals surface area contributed by atoms with Crippen LogP contribution in [0.2, 0.25) is 0 Å². The Hall–Kier alpha value is -1.36. The topological polar surface area (TPSA) is 56.1 Å². The first-order chi connectivity index (χ1) is 7.04. The molecule has 0 bridgehead atoms. The largest absolute Gasteiger partial charge is 0.468 e. The molecule has 0 aliphatic rings. The Kier molecular flexibility index (Phi) is 3.85. The molecule has 1 aromatic rings. The average molecular weight is 211 g/mol. The molecule has 1 heterocycles. The average Bonchev–Trinajstić information content (AvgIpc) is 2.63. The summed E-state index contributed by atoms with van der Waals surface area (Å²) in [7, 11) is 3.25. The molecule has 0 aliphatic carbocycles. The lowest BCUT2D eigenvalue weighted by molar-refractivity contribution is -0.142. The molecule has 0 aromatic carbocycles. The summed E-state index contributed by atoms with van der Waals surface area (Å²) < 4.78 is 6.36. The van der Waals surface area contributed by atoms with Gasteiger partial charge in [0.1, 0.15) is 6.04 Å². The van der Waals surface area contributed by atoms with Crippen LogP contribution in [-0.4, -0.2) is 28.9 Å². The molecule has 0 aliphatic heterocycles. The molecule has 0 radical (unpaired) electrons. The highest BCUT2D eigenvalue weighted by Crippen LogP contribution is 2.11. The summed E-state index contributed by atoms with van der Waals surface area (Å²) in [6.07, 6.45) is 3.70. The quantitative estimate of drug-likeness (QED) is 0.742. The third-order valence-corrected chi connectivity index (χ3v) is 2.28. The van der Waals surface area contributed by atoms with Crippen LogP contribution < -0.4 is 5.32 Å². The Morgan fingerprint density at radius 2 is 2.27 bits per heavy atom. The summed E-state index contributed by atoms with van der Waals surface area (Å²) in [4.78, 5) is 11.2. The molecular weight excluding hydrogens is 194 g/mol. The number of carbonyl (C=O) groups is 1. The molecule has 5 nitrogen and oxygen atoms in total. The first kappa shape index (κ1) is 11.7. The van der Waals surface area contributed by atoms with Gasteiger partial charge in [0.15, 0.2) is 0 Å². The van der Waals surface area contributed by atoms with Gasteiger partial charge in [0, 0.05) is 24.8 Å². The van der Waals surface area contributed by atoms with E-state index < -0.39 is 0 Å². The summed E-state index contributed by atoms with van der Waals surface area (Å²) >= 11 is 0. The van der Waals surface area contributed by atoms with Crippen LogP contribution in [0.4, 0.5) is 0 Å². The number of aromatic nitrogens is 2. The van der Waals surface area contributed by atoms with Gasteiger partial charge in [-0.25, -0.2) is 0 Å². The lowest BCUT2D eigenvalue weighted by atomic mass is 10.1. The fraction of sp³-hybridized carbons (Fsp3) is 0.600. The van der Waals surface area contributed by atoms with E-state index in [1.807, 2.05) is 20.2 Å². The van der Waals surface area contributed by atoms with E-state index >= 15 is 0 Å². The van der Waals surface area contributed by atoms with Crippen molar-refractivity contribution in [3.05, 3.63) is 18.0 Å². The number of rotatable bonds is 4. The highest BCUT2D eigenvalue weighted by atomic mass is 16.5. The van der Waals surface area contributed by atoms with Crippen LogP contribution in [0, 0.1) is 0 Å². The molecule has 2 atom stereocenters. The minimum absolute atomic E-state index is 0.0767. The van der Waals surface area contributed by atoms with Crippen LogP contribution >= 0.6 is 0 Å². The molecular formula is C10H17N3O2. The van der Waals surface area contributed by atoms with Crippen LogP contribution in [0.15, 0.2) is 12.4 Å². The number of hydrogen-bond donors (Lipinski definition) is 1. The van der Waals surface area contributed by atoms with E-state index in [-0.39, 0.29) is 18.1 Å². The molecule has 5 heteroatoms. The molecule has 0 fully saturated rings. The molecule has 1 N–H and O–H groups in total. The van der Waals surface area contributed by atoms with Gasteiger partial charge in [0.05, 0.1) is 13.3 Å². The van der Waals surface area contributed by atoms with Crippen LogP contribution in [-0.2, 0) is 16.6 Å². The van der Waals surface area contributed by atoms with Crippen molar-refractivity contribution in [3.8, 4) is 0 Å². The van der Waals surface area contributed by atoms with Gasteiger partial charge >= 0.3 is 5.97 Å². The molecule has 1 unspecified atom stereocenters. The van der Waals surface area contributed by atoms with Crippen molar-refractivity contribution < 1.29 is 9.53 Å². The van der Waals surface area contributed by atoms with E-state index in [1.165, 1.54) is 7.11 Å². The van der Waals surface area contributed by atoms with E-state index in [2.05, 4.69) is 15.2 Å². The summed E-state index contributed by atoms with van der Waals surface area (Å²) in [5.41, 5.74) is 1.05. The Balaban J connectivity index is 2.55. The number of ether oxygens (including phenoxy) is 1. The van der Waals surface area contributed by atoms with Crippen molar-refractivity contribution in [1.82, 2.24) is 15.1 Å². The summed E-state index contributed by atoms with van der Waals surface area (Å²) in [5.74, 6) is -0.259. The van der Waals surface area contributed by atoms with Gasteiger partial charge in [-0.2, -0.15) is 5.10 Å².